The van der Waals surface area contributed by atoms with Crippen LogP contribution >= 0.6 is 23.2 Å². The number of amides is 2. The predicted octanol–water partition coefficient (Wildman–Crippen LogP) is 3.92. The Morgan fingerprint density at radius 1 is 1.18 bits per heavy atom. The summed E-state index contributed by atoms with van der Waals surface area (Å²) in [6, 6.07) is 7.70. The molecule has 1 aliphatic carbocycles. The highest BCUT2D eigenvalue weighted by atomic mass is 35.5. The van der Waals surface area contributed by atoms with Gasteiger partial charge in [-0.3, -0.25) is 4.79 Å². The smallest absolute Gasteiger partial charge is 0.336 e. The molecule has 1 aromatic carbocycles. The van der Waals surface area contributed by atoms with E-state index >= 15 is 0 Å². The third kappa shape index (κ3) is 3.89. The Kier molecular flexibility index (Phi) is 5.34. The zero-order chi connectivity index (χ0) is 19.8. The van der Waals surface area contributed by atoms with Gasteiger partial charge >= 0.3 is 6.03 Å². The third-order valence-electron chi connectivity index (χ3n) is 5.83. The van der Waals surface area contributed by atoms with Gasteiger partial charge in [-0.05, 0) is 42.4 Å². The number of benzene rings is 1. The summed E-state index contributed by atoms with van der Waals surface area (Å²) in [5, 5.41) is 5.13. The van der Waals surface area contributed by atoms with Crippen molar-refractivity contribution in [1.29, 1.82) is 0 Å². The number of nitrogens with zero attached hydrogens (tertiary/aromatic N) is 4. The van der Waals surface area contributed by atoms with Gasteiger partial charge < -0.3 is 9.80 Å². The molecule has 3 atom stereocenters. The van der Waals surface area contributed by atoms with Crippen molar-refractivity contribution in [3.05, 3.63) is 52.3 Å². The van der Waals surface area contributed by atoms with Crippen molar-refractivity contribution in [3.63, 3.8) is 0 Å². The molecule has 1 saturated carbocycles. The number of carbonyl (C=O) groups excluding carboxylic acids is 2. The van der Waals surface area contributed by atoms with Gasteiger partial charge in [-0.1, -0.05) is 35.3 Å². The first-order valence-corrected chi connectivity index (χ1v) is 10.2. The Bertz CT molecular complexity index is 886. The SMILES string of the molecule is CC(=O)N(Cc1cccc(Cl)c1)C1C[C@@H]2CN(C(=O)n3cc(Cl)cn3)C[C@@H]2C1. The van der Waals surface area contributed by atoms with Crippen molar-refractivity contribution in [2.45, 2.75) is 32.4 Å². The molecular weight excluding hydrogens is 399 g/mol. The van der Waals surface area contributed by atoms with Crippen LogP contribution in [0.15, 0.2) is 36.7 Å². The highest BCUT2D eigenvalue weighted by Gasteiger charge is 2.44. The lowest BCUT2D eigenvalue weighted by Gasteiger charge is -2.29. The molecule has 2 fully saturated rings. The Hall–Kier alpha value is -2.05. The minimum absolute atomic E-state index is 0.0732. The van der Waals surface area contributed by atoms with Crippen LogP contribution in [0.3, 0.4) is 0 Å². The zero-order valence-corrected chi connectivity index (χ0v) is 17.1. The first-order chi connectivity index (χ1) is 13.4. The second-order valence-electron chi connectivity index (χ2n) is 7.71. The predicted molar refractivity (Wildman–Crippen MR) is 107 cm³/mol. The fourth-order valence-corrected chi connectivity index (χ4v) is 4.91. The average Bonchev–Trinajstić information content (AvgIpc) is 3.33. The van der Waals surface area contributed by atoms with E-state index in [1.165, 1.54) is 17.1 Å². The number of rotatable bonds is 3. The Labute approximate surface area is 174 Å². The first kappa shape index (κ1) is 19.3. The van der Waals surface area contributed by atoms with E-state index in [2.05, 4.69) is 5.10 Å². The van der Waals surface area contributed by atoms with Crippen LogP contribution in [0.5, 0.6) is 0 Å². The van der Waals surface area contributed by atoms with Crippen molar-refractivity contribution in [2.75, 3.05) is 13.1 Å². The van der Waals surface area contributed by atoms with E-state index in [4.69, 9.17) is 23.2 Å². The van der Waals surface area contributed by atoms with Crippen LogP contribution in [-0.4, -0.2) is 50.6 Å². The van der Waals surface area contributed by atoms with Gasteiger partial charge in [0.1, 0.15) is 0 Å². The molecule has 0 spiro atoms. The number of carbonyl (C=O) groups is 2. The molecule has 4 rings (SSSR count). The maximum atomic E-state index is 12.6. The van der Waals surface area contributed by atoms with E-state index < -0.39 is 0 Å². The lowest BCUT2D eigenvalue weighted by Crippen LogP contribution is -2.39. The van der Waals surface area contributed by atoms with Crippen LogP contribution in [0.1, 0.15) is 25.3 Å². The molecule has 0 N–H and O–H groups in total. The number of aromatic nitrogens is 2. The quantitative estimate of drug-likeness (QED) is 0.755. The molecule has 0 bridgehead atoms. The van der Waals surface area contributed by atoms with E-state index in [-0.39, 0.29) is 18.0 Å². The molecule has 6 nitrogen and oxygen atoms in total. The molecule has 1 aliphatic heterocycles. The molecule has 148 valence electrons. The van der Waals surface area contributed by atoms with Gasteiger partial charge in [-0.2, -0.15) is 9.78 Å². The maximum absolute atomic E-state index is 12.6. The van der Waals surface area contributed by atoms with Crippen LogP contribution in [0, 0.1) is 11.8 Å². The normalized spacial score (nSPS) is 23.7. The molecule has 1 unspecified atom stereocenters. The highest BCUT2D eigenvalue weighted by molar-refractivity contribution is 6.30. The summed E-state index contributed by atoms with van der Waals surface area (Å²) in [4.78, 5) is 28.7. The van der Waals surface area contributed by atoms with Crippen LogP contribution in [0.2, 0.25) is 10.0 Å². The van der Waals surface area contributed by atoms with Crippen LogP contribution < -0.4 is 0 Å². The molecule has 2 aromatic rings. The highest BCUT2D eigenvalue weighted by Crippen LogP contribution is 2.41. The number of likely N-dealkylation sites (tertiary alicyclic amines) is 1. The number of hydrogen-bond donors (Lipinski definition) is 0. The summed E-state index contributed by atoms with van der Waals surface area (Å²) >= 11 is 12.0. The zero-order valence-electron chi connectivity index (χ0n) is 15.6. The lowest BCUT2D eigenvalue weighted by molar-refractivity contribution is -0.131. The molecule has 0 radical (unpaired) electrons. The van der Waals surface area contributed by atoms with E-state index in [1.807, 2.05) is 34.1 Å². The number of halogens is 2. The van der Waals surface area contributed by atoms with Gasteiger partial charge in [-0.25, -0.2) is 4.79 Å². The second kappa shape index (κ2) is 7.76. The standard InChI is InChI=1S/C20H22Cl2N4O2/c1-13(27)25(9-14-3-2-4-17(21)5-14)19-6-15-10-24(11-16(15)7-19)20(28)26-12-18(22)8-23-26/h2-5,8,12,15-16,19H,6-7,9-11H2,1H3/t15-,16+,19?. The maximum Gasteiger partial charge on any atom is 0.344 e. The van der Waals surface area contributed by atoms with Gasteiger partial charge in [0.05, 0.1) is 17.4 Å². The van der Waals surface area contributed by atoms with Crippen molar-refractivity contribution >= 4 is 35.1 Å². The molecule has 28 heavy (non-hydrogen) atoms. The summed E-state index contributed by atoms with van der Waals surface area (Å²) in [7, 11) is 0. The minimum Gasteiger partial charge on any atom is -0.336 e. The summed E-state index contributed by atoms with van der Waals surface area (Å²) in [6.07, 6.45) is 4.82. The van der Waals surface area contributed by atoms with Crippen LogP contribution in [0.4, 0.5) is 4.79 Å². The lowest BCUT2D eigenvalue weighted by atomic mass is 10.0. The van der Waals surface area contributed by atoms with Crippen molar-refractivity contribution in [2.24, 2.45) is 11.8 Å². The summed E-state index contributed by atoms with van der Waals surface area (Å²) in [5.74, 6) is 0.881. The fraction of sp³-hybridized carbons (Fsp3) is 0.450. The molecular formula is C20H22Cl2N4O2. The van der Waals surface area contributed by atoms with Gasteiger partial charge in [0.25, 0.3) is 0 Å². The van der Waals surface area contributed by atoms with Gasteiger partial charge in [-0.15, -0.1) is 0 Å². The van der Waals surface area contributed by atoms with Crippen LogP contribution in [0.25, 0.3) is 0 Å². The number of hydrogen-bond acceptors (Lipinski definition) is 3. The summed E-state index contributed by atoms with van der Waals surface area (Å²) < 4.78 is 1.29. The molecule has 8 heteroatoms. The van der Waals surface area contributed by atoms with E-state index in [9.17, 15) is 9.59 Å². The van der Waals surface area contributed by atoms with Gasteiger partial charge in [0.15, 0.2) is 0 Å². The van der Waals surface area contributed by atoms with E-state index in [0.717, 1.165) is 18.4 Å². The largest absolute Gasteiger partial charge is 0.344 e. The minimum atomic E-state index is -0.139. The van der Waals surface area contributed by atoms with Crippen LogP contribution in [-0.2, 0) is 11.3 Å². The Morgan fingerprint density at radius 2 is 1.89 bits per heavy atom. The van der Waals surface area contributed by atoms with Crippen molar-refractivity contribution in [1.82, 2.24) is 19.6 Å². The molecule has 1 aromatic heterocycles. The molecule has 2 aliphatic rings. The molecule has 1 saturated heterocycles. The Morgan fingerprint density at radius 3 is 2.46 bits per heavy atom. The fourth-order valence-electron chi connectivity index (χ4n) is 4.56. The molecule has 2 amide bonds. The third-order valence-corrected chi connectivity index (χ3v) is 6.26. The number of fused-ring (bicyclic) bond motifs is 1. The van der Waals surface area contributed by atoms with E-state index in [0.29, 0.717) is 41.5 Å². The van der Waals surface area contributed by atoms with E-state index in [1.54, 1.807) is 6.92 Å². The first-order valence-electron chi connectivity index (χ1n) is 9.42. The van der Waals surface area contributed by atoms with Gasteiger partial charge in [0, 0.05) is 37.6 Å². The average molecular weight is 421 g/mol. The summed E-state index contributed by atoms with van der Waals surface area (Å²) in [6.45, 7) is 3.57. The topological polar surface area (TPSA) is 58.4 Å². The Balaban J connectivity index is 1.40. The molecule has 2 heterocycles. The van der Waals surface area contributed by atoms with Crippen molar-refractivity contribution < 1.29 is 9.59 Å². The monoisotopic (exact) mass is 420 g/mol. The second-order valence-corrected chi connectivity index (χ2v) is 8.59. The summed E-state index contributed by atoms with van der Waals surface area (Å²) in [5.41, 5.74) is 1.03. The van der Waals surface area contributed by atoms with Gasteiger partial charge in [0.2, 0.25) is 5.91 Å². The van der Waals surface area contributed by atoms with Crippen molar-refractivity contribution in [3.8, 4) is 0 Å².